The first-order valence-electron chi connectivity index (χ1n) is 29.5. The molecule has 0 amide bonds. The summed E-state index contributed by atoms with van der Waals surface area (Å²) in [4.78, 5) is 82.2. The quantitative estimate of drug-likeness (QED) is 0.00975. The van der Waals surface area contributed by atoms with Gasteiger partial charge >= 0.3 is 35.8 Å². The van der Waals surface area contributed by atoms with E-state index in [9.17, 15) is 39.0 Å². The molecule has 1 aromatic heterocycles. The minimum Gasteiger partial charge on any atom is -0.494 e. The molecule has 7 rings (SSSR count). The zero-order valence-electron chi connectivity index (χ0n) is 48.2. The molecule has 17 nitrogen and oxygen atoms in total. The maximum atomic E-state index is 13.8. The number of carboxylic acid groups (broad SMARTS) is 2. The Hall–Kier alpha value is -7.86. The molecule has 2 saturated carbocycles. The molecule has 448 valence electrons. The molecule has 2 aliphatic carbocycles. The van der Waals surface area contributed by atoms with Crippen molar-refractivity contribution in [3.8, 4) is 23.0 Å². The van der Waals surface area contributed by atoms with E-state index >= 15 is 0 Å². The topological polar surface area (TPSA) is 227 Å². The standard InChI is InChI=1S/C66H79N3O14S/c1-4-7-8-15-40-69(64-68-56-20-13-14-21-57(56)84-64)67-46-49-45-50(65(62(74)75)36-32-47(33-37-65)60(72)82-53-27-23-51(24-28-53)78-41-16-9-11-18-43-80-58(70)5-2)22-31-55(49)66(63(76)77)38-34-48(35-39-66)61(73)83-54-29-25-52(26-30-54)79-42-17-10-12-19-44-81-59(71)6-3/h5-6,13-14,20-31,45-48H,2-4,7-12,15-19,32-44H2,1H3,(H,74,75)(H,76,77)/b67-46+. The average Bonchev–Trinajstić information content (AvgIpc) is 4.09. The number of aromatic nitrogens is 1. The third-order valence-corrected chi connectivity index (χ3v) is 16.9. The van der Waals surface area contributed by atoms with Crippen molar-refractivity contribution in [2.24, 2.45) is 16.9 Å². The first-order chi connectivity index (χ1) is 40.8. The summed E-state index contributed by atoms with van der Waals surface area (Å²) in [7, 11) is 0. The second kappa shape index (κ2) is 32.3. The van der Waals surface area contributed by atoms with Gasteiger partial charge in [0.1, 0.15) is 23.0 Å². The van der Waals surface area contributed by atoms with Crippen LogP contribution >= 0.6 is 11.3 Å². The van der Waals surface area contributed by atoms with Gasteiger partial charge < -0.3 is 38.6 Å². The molecule has 0 atom stereocenters. The van der Waals surface area contributed by atoms with Crippen molar-refractivity contribution in [1.82, 2.24) is 4.98 Å². The lowest BCUT2D eigenvalue weighted by atomic mass is 9.63. The fourth-order valence-corrected chi connectivity index (χ4v) is 11.8. The first kappa shape index (κ1) is 63.7. The highest BCUT2D eigenvalue weighted by Crippen LogP contribution is 2.47. The van der Waals surface area contributed by atoms with E-state index in [4.69, 9.17) is 38.5 Å². The number of fused-ring (bicyclic) bond motifs is 1. The van der Waals surface area contributed by atoms with Gasteiger partial charge in [-0.2, -0.15) is 5.10 Å². The highest BCUT2D eigenvalue weighted by molar-refractivity contribution is 7.22. The maximum Gasteiger partial charge on any atom is 0.330 e. The number of carbonyl (C=O) groups excluding carboxylic acids is 4. The molecule has 2 aliphatic rings. The van der Waals surface area contributed by atoms with E-state index in [1.165, 1.54) is 11.3 Å². The summed E-state index contributed by atoms with van der Waals surface area (Å²) < 4.78 is 34.4. The Morgan fingerprint density at radius 1 is 0.607 bits per heavy atom. The van der Waals surface area contributed by atoms with E-state index < -0.39 is 58.5 Å². The Kier molecular flexibility index (Phi) is 24.5. The summed E-state index contributed by atoms with van der Waals surface area (Å²) in [5.74, 6) is -3.07. The summed E-state index contributed by atoms with van der Waals surface area (Å²) >= 11 is 1.50. The molecule has 84 heavy (non-hydrogen) atoms. The Bertz CT molecular complexity index is 3000. The van der Waals surface area contributed by atoms with Crippen LogP contribution in [0.1, 0.15) is 152 Å². The Labute approximate surface area is 496 Å². The van der Waals surface area contributed by atoms with Crippen LogP contribution in [-0.2, 0) is 49.1 Å². The van der Waals surface area contributed by atoms with E-state index in [-0.39, 0.29) is 51.4 Å². The SMILES string of the molecule is C=CC(=O)OCCCCCCOc1ccc(OC(=O)C2CCC(C(=O)O)(c3ccc(C4(C(=O)O)CCC(C(=O)Oc5ccc(OCCCCCCOC(=O)C=C)cc5)CC4)c(/C=N/N(CCCCCC)c4nc5ccccc5s4)c3)CC2)cc1. The van der Waals surface area contributed by atoms with Crippen molar-refractivity contribution in [3.05, 3.63) is 133 Å². The number of rotatable bonds is 34. The van der Waals surface area contributed by atoms with E-state index in [0.717, 1.165) is 99.4 Å². The number of hydrogen-bond donors (Lipinski definition) is 2. The molecule has 1 heterocycles. The maximum absolute atomic E-state index is 13.8. The largest absolute Gasteiger partial charge is 0.494 e. The lowest BCUT2D eigenvalue weighted by molar-refractivity contribution is -0.149. The molecule has 5 aromatic rings. The molecule has 18 heteroatoms. The number of hydrazone groups is 1. The molecule has 2 N–H and O–H groups in total. The van der Waals surface area contributed by atoms with Crippen LogP contribution in [0.5, 0.6) is 23.0 Å². The molecule has 0 spiro atoms. The van der Waals surface area contributed by atoms with Gasteiger partial charge in [-0.1, -0.05) is 74.9 Å². The third-order valence-electron chi connectivity index (χ3n) is 15.9. The van der Waals surface area contributed by atoms with Gasteiger partial charge in [0.2, 0.25) is 5.13 Å². The van der Waals surface area contributed by atoms with Crippen molar-refractivity contribution in [2.75, 3.05) is 38.0 Å². The number of benzene rings is 4. The summed E-state index contributed by atoms with van der Waals surface area (Å²) in [6.07, 6.45) is 16.0. The number of para-hydroxylation sites is 1. The summed E-state index contributed by atoms with van der Waals surface area (Å²) in [6, 6.07) is 26.7. The fraction of sp³-hybridized carbons (Fsp3) is 0.455. The van der Waals surface area contributed by atoms with Gasteiger partial charge in [-0.05, 0) is 193 Å². The second-order valence-corrected chi connectivity index (χ2v) is 22.6. The molecule has 4 aromatic carbocycles. The number of unbranched alkanes of at least 4 members (excludes halogenated alkanes) is 9. The number of esters is 4. The number of anilines is 1. The van der Waals surface area contributed by atoms with Crippen molar-refractivity contribution in [3.63, 3.8) is 0 Å². The monoisotopic (exact) mass is 1170 g/mol. The van der Waals surface area contributed by atoms with E-state index in [0.29, 0.717) is 77.8 Å². The lowest BCUT2D eigenvalue weighted by Crippen LogP contribution is -2.43. The van der Waals surface area contributed by atoms with Crippen LogP contribution in [0.25, 0.3) is 10.2 Å². The minimum absolute atomic E-state index is 0.108. The van der Waals surface area contributed by atoms with E-state index in [1.807, 2.05) is 29.3 Å². The molecular formula is C66H79N3O14S. The number of thiazole rings is 1. The Morgan fingerprint density at radius 2 is 1.08 bits per heavy atom. The highest BCUT2D eigenvalue weighted by Gasteiger charge is 2.49. The number of hydrogen-bond acceptors (Lipinski definition) is 16. The number of ether oxygens (including phenoxy) is 6. The van der Waals surface area contributed by atoms with Crippen molar-refractivity contribution in [1.29, 1.82) is 0 Å². The normalized spacial score (nSPS) is 18.5. The van der Waals surface area contributed by atoms with Gasteiger partial charge in [-0.25, -0.2) is 19.6 Å². The van der Waals surface area contributed by atoms with Crippen molar-refractivity contribution < 1.29 is 67.4 Å². The summed E-state index contributed by atoms with van der Waals surface area (Å²) in [6.45, 7) is 11.2. The van der Waals surface area contributed by atoms with Crippen LogP contribution in [0.2, 0.25) is 0 Å². The highest BCUT2D eigenvalue weighted by atomic mass is 32.1. The third kappa shape index (κ3) is 17.8. The fourth-order valence-electron chi connectivity index (χ4n) is 10.9. The van der Waals surface area contributed by atoms with Gasteiger partial charge in [0.05, 0.1) is 65.5 Å². The molecule has 0 radical (unpaired) electrons. The first-order valence-corrected chi connectivity index (χ1v) is 30.4. The molecule has 0 aliphatic heterocycles. The summed E-state index contributed by atoms with van der Waals surface area (Å²) in [5.41, 5.74) is -0.651. The number of aliphatic carboxylic acids is 2. The van der Waals surface area contributed by atoms with Gasteiger partial charge in [0.25, 0.3) is 0 Å². The summed E-state index contributed by atoms with van der Waals surface area (Å²) in [5, 5.41) is 30.0. The van der Waals surface area contributed by atoms with Crippen molar-refractivity contribution >= 4 is 68.7 Å². The van der Waals surface area contributed by atoms with Crippen LogP contribution in [-0.4, -0.2) is 90.2 Å². The molecule has 0 bridgehead atoms. The second-order valence-electron chi connectivity index (χ2n) is 21.6. The van der Waals surface area contributed by atoms with Crippen LogP contribution in [0.3, 0.4) is 0 Å². The Balaban J connectivity index is 1.04. The van der Waals surface area contributed by atoms with E-state index in [2.05, 4.69) is 20.1 Å². The van der Waals surface area contributed by atoms with Gasteiger partial charge in [-0.3, -0.25) is 19.2 Å². The average molecular weight is 1170 g/mol. The van der Waals surface area contributed by atoms with E-state index in [1.54, 1.807) is 72.9 Å². The Morgan fingerprint density at radius 3 is 1.57 bits per heavy atom. The molecular weight excluding hydrogens is 1090 g/mol. The molecule has 0 saturated heterocycles. The predicted molar refractivity (Wildman–Crippen MR) is 322 cm³/mol. The van der Waals surface area contributed by atoms with Crippen molar-refractivity contribution in [2.45, 2.75) is 146 Å². The van der Waals surface area contributed by atoms with Crippen LogP contribution in [0.4, 0.5) is 5.13 Å². The molecule has 2 fully saturated rings. The van der Waals surface area contributed by atoms with Gasteiger partial charge in [0.15, 0.2) is 0 Å². The van der Waals surface area contributed by atoms with Crippen LogP contribution in [0, 0.1) is 11.8 Å². The van der Waals surface area contributed by atoms with Crippen LogP contribution in [0.15, 0.2) is 121 Å². The number of nitrogens with zero attached hydrogens (tertiary/aromatic N) is 3. The predicted octanol–water partition coefficient (Wildman–Crippen LogP) is 13.3. The smallest absolute Gasteiger partial charge is 0.330 e. The minimum atomic E-state index is -1.45. The number of carbonyl (C=O) groups is 6. The van der Waals surface area contributed by atoms with Gasteiger partial charge in [-0.15, -0.1) is 0 Å². The zero-order valence-corrected chi connectivity index (χ0v) is 49.0. The number of carboxylic acids is 2. The van der Waals surface area contributed by atoms with Gasteiger partial charge in [0, 0.05) is 18.7 Å². The lowest BCUT2D eigenvalue weighted by Gasteiger charge is -2.39. The zero-order chi connectivity index (χ0) is 59.7. The van der Waals surface area contributed by atoms with Crippen LogP contribution < -0.4 is 24.0 Å². The molecule has 0 unspecified atom stereocenters.